The molecule has 1 aliphatic rings. The first kappa shape index (κ1) is 15.9. The predicted molar refractivity (Wildman–Crippen MR) is 75.4 cm³/mol. The molecule has 1 heterocycles. The molecule has 1 N–H and O–H groups in total. The monoisotopic (exact) mass is 320 g/mol. The third kappa shape index (κ3) is 4.27. The van der Waals surface area contributed by atoms with Crippen LogP contribution >= 0.6 is 11.6 Å². The number of hydrogen-bond acceptors (Lipinski definition) is 2. The average Bonchev–Trinajstić information content (AvgIpc) is 2.45. The van der Waals surface area contributed by atoms with Gasteiger partial charge in [0.1, 0.15) is 0 Å². The number of nitrogens with one attached hydrogen (secondary N) is 1. The summed E-state index contributed by atoms with van der Waals surface area (Å²) in [7, 11) is 0. The van der Waals surface area contributed by atoms with Crippen molar-refractivity contribution in [3.05, 3.63) is 28.8 Å². The number of likely N-dealkylation sites (tertiary alicyclic amines) is 1. The molecule has 116 valence electrons. The Hall–Kier alpha value is -1.43. The zero-order valence-electron chi connectivity index (χ0n) is 11.3. The molecule has 3 nitrogen and oxygen atoms in total. The van der Waals surface area contributed by atoms with E-state index in [1.165, 1.54) is 6.07 Å². The fraction of sp³-hybridized carbons (Fsp3) is 0.500. The van der Waals surface area contributed by atoms with E-state index < -0.39 is 11.7 Å². The van der Waals surface area contributed by atoms with Crippen LogP contribution in [-0.4, -0.2) is 30.4 Å². The van der Waals surface area contributed by atoms with Gasteiger partial charge in [0.25, 0.3) is 0 Å². The molecule has 7 heteroatoms. The van der Waals surface area contributed by atoms with E-state index in [-0.39, 0.29) is 17.5 Å². The number of carbonyl (C=O) groups excluding carboxylic acids is 1. The fourth-order valence-electron chi connectivity index (χ4n) is 2.26. The highest BCUT2D eigenvalue weighted by molar-refractivity contribution is 6.33. The minimum atomic E-state index is -4.42. The molecule has 2 rings (SSSR count). The summed E-state index contributed by atoms with van der Waals surface area (Å²) in [4.78, 5) is 13.7. The van der Waals surface area contributed by atoms with Crippen LogP contribution in [0.1, 0.15) is 24.8 Å². The van der Waals surface area contributed by atoms with Gasteiger partial charge < -0.3 is 10.2 Å². The Morgan fingerprint density at radius 1 is 1.24 bits per heavy atom. The van der Waals surface area contributed by atoms with E-state index in [0.717, 1.165) is 44.5 Å². The summed E-state index contributed by atoms with van der Waals surface area (Å²) >= 11 is 5.82. The highest BCUT2D eigenvalue weighted by Crippen LogP contribution is 2.33. The largest absolute Gasteiger partial charge is 0.416 e. The number of halogens is 4. The molecule has 21 heavy (non-hydrogen) atoms. The van der Waals surface area contributed by atoms with Crippen molar-refractivity contribution in [1.29, 1.82) is 0 Å². The fourth-order valence-corrected chi connectivity index (χ4v) is 2.51. The van der Waals surface area contributed by atoms with Gasteiger partial charge in [-0.05, 0) is 37.5 Å². The molecule has 0 spiro atoms. The normalized spacial score (nSPS) is 15.9. The van der Waals surface area contributed by atoms with E-state index in [2.05, 4.69) is 5.32 Å². The zero-order valence-corrected chi connectivity index (χ0v) is 12.1. The summed E-state index contributed by atoms with van der Waals surface area (Å²) in [5, 5.41) is 2.75. The molecule has 0 aromatic heterocycles. The summed E-state index contributed by atoms with van der Waals surface area (Å²) < 4.78 is 37.5. The van der Waals surface area contributed by atoms with Crippen molar-refractivity contribution >= 4 is 23.2 Å². The maximum absolute atomic E-state index is 12.5. The van der Waals surface area contributed by atoms with E-state index in [4.69, 9.17) is 11.6 Å². The van der Waals surface area contributed by atoms with Crippen molar-refractivity contribution in [2.75, 3.05) is 25.0 Å². The van der Waals surface area contributed by atoms with Crippen LogP contribution in [-0.2, 0) is 11.0 Å². The van der Waals surface area contributed by atoms with Crippen LogP contribution in [0.2, 0.25) is 5.02 Å². The SMILES string of the molecule is O=C(CNc1ccc(C(F)(F)F)cc1Cl)N1CCCCC1. The predicted octanol–water partition coefficient (Wildman–Crippen LogP) is 3.78. The third-order valence-corrected chi connectivity index (χ3v) is 3.75. The molecule has 1 saturated heterocycles. The van der Waals surface area contributed by atoms with Crippen LogP contribution in [0.5, 0.6) is 0 Å². The minimum Gasteiger partial charge on any atom is -0.375 e. The van der Waals surface area contributed by atoms with Crippen molar-refractivity contribution in [3.8, 4) is 0 Å². The van der Waals surface area contributed by atoms with Gasteiger partial charge in [0, 0.05) is 13.1 Å². The molecule has 0 atom stereocenters. The first-order valence-corrected chi connectivity index (χ1v) is 7.14. The molecule has 0 unspecified atom stereocenters. The summed E-state index contributed by atoms with van der Waals surface area (Å²) in [5.74, 6) is -0.0642. The lowest BCUT2D eigenvalue weighted by atomic mass is 10.1. The van der Waals surface area contributed by atoms with Crippen LogP contribution < -0.4 is 5.32 Å². The molecule has 0 aliphatic carbocycles. The van der Waals surface area contributed by atoms with Gasteiger partial charge in [-0.1, -0.05) is 11.6 Å². The lowest BCUT2D eigenvalue weighted by Crippen LogP contribution is -2.39. The number of rotatable bonds is 3. The standard InChI is InChI=1S/C14H16ClF3N2O/c15-11-8-10(14(16,17)18)4-5-12(11)19-9-13(21)20-6-2-1-3-7-20/h4-5,8,19H,1-3,6-7,9H2. The molecular formula is C14H16ClF3N2O. The average molecular weight is 321 g/mol. The van der Waals surface area contributed by atoms with E-state index in [9.17, 15) is 18.0 Å². The third-order valence-electron chi connectivity index (χ3n) is 3.44. The first-order valence-electron chi connectivity index (χ1n) is 6.76. The number of nitrogens with zero attached hydrogens (tertiary/aromatic N) is 1. The van der Waals surface area contributed by atoms with Crippen molar-refractivity contribution in [2.24, 2.45) is 0 Å². The van der Waals surface area contributed by atoms with Crippen molar-refractivity contribution in [1.82, 2.24) is 4.90 Å². The summed E-state index contributed by atoms with van der Waals surface area (Å²) in [6.07, 6.45) is -1.31. The van der Waals surface area contributed by atoms with Crippen LogP contribution in [0.3, 0.4) is 0 Å². The van der Waals surface area contributed by atoms with Gasteiger partial charge in [0.2, 0.25) is 5.91 Å². The number of amides is 1. The molecular weight excluding hydrogens is 305 g/mol. The van der Waals surface area contributed by atoms with Crippen molar-refractivity contribution in [2.45, 2.75) is 25.4 Å². The number of alkyl halides is 3. The molecule has 1 fully saturated rings. The Labute approximate surface area is 126 Å². The molecule has 1 aromatic rings. The van der Waals surface area contributed by atoms with Crippen LogP contribution in [0, 0.1) is 0 Å². The highest BCUT2D eigenvalue weighted by Gasteiger charge is 2.30. The molecule has 1 amide bonds. The van der Waals surface area contributed by atoms with Gasteiger partial charge in [-0.2, -0.15) is 13.2 Å². The van der Waals surface area contributed by atoms with Crippen LogP contribution in [0.4, 0.5) is 18.9 Å². The van der Waals surface area contributed by atoms with Gasteiger partial charge in [0.15, 0.2) is 0 Å². The Morgan fingerprint density at radius 3 is 2.48 bits per heavy atom. The molecule has 0 saturated carbocycles. The zero-order chi connectivity index (χ0) is 15.5. The summed E-state index contributed by atoms with van der Waals surface area (Å²) in [6, 6.07) is 3.05. The Bertz CT molecular complexity index is 513. The van der Waals surface area contributed by atoms with Gasteiger partial charge in [-0.15, -0.1) is 0 Å². The van der Waals surface area contributed by atoms with Gasteiger partial charge >= 0.3 is 6.18 Å². The Kier molecular flexibility index (Phi) is 4.98. The van der Waals surface area contributed by atoms with E-state index in [1.54, 1.807) is 4.90 Å². The van der Waals surface area contributed by atoms with Crippen molar-refractivity contribution in [3.63, 3.8) is 0 Å². The summed E-state index contributed by atoms with van der Waals surface area (Å²) in [5.41, 5.74) is -0.476. The maximum atomic E-state index is 12.5. The lowest BCUT2D eigenvalue weighted by molar-refractivity contribution is -0.137. The number of anilines is 1. The number of hydrogen-bond donors (Lipinski definition) is 1. The number of benzene rings is 1. The molecule has 0 radical (unpaired) electrons. The molecule has 1 aromatic carbocycles. The topological polar surface area (TPSA) is 32.3 Å². The van der Waals surface area contributed by atoms with Crippen molar-refractivity contribution < 1.29 is 18.0 Å². The van der Waals surface area contributed by atoms with Gasteiger partial charge in [-0.25, -0.2) is 0 Å². The first-order chi connectivity index (χ1) is 9.88. The maximum Gasteiger partial charge on any atom is 0.416 e. The van der Waals surface area contributed by atoms with Gasteiger partial charge in [-0.3, -0.25) is 4.79 Å². The quantitative estimate of drug-likeness (QED) is 0.919. The second-order valence-electron chi connectivity index (χ2n) is 4.99. The summed E-state index contributed by atoms with van der Waals surface area (Å²) in [6.45, 7) is 1.51. The van der Waals surface area contributed by atoms with E-state index in [1.807, 2.05) is 0 Å². The molecule has 1 aliphatic heterocycles. The van der Waals surface area contributed by atoms with E-state index >= 15 is 0 Å². The van der Waals surface area contributed by atoms with Crippen LogP contribution in [0.25, 0.3) is 0 Å². The Balaban J connectivity index is 1.95. The minimum absolute atomic E-state index is 0.0328. The lowest BCUT2D eigenvalue weighted by Gasteiger charge is -2.27. The Morgan fingerprint density at radius 2 is 1.90 bits per heavy atom. The van der Waals surface area contributed by atoms with Gasteiger partial charge in [0.05, 0.1) is 22.8 Å². The molecule has 0 bridgehead atoms. The second kappa shape index (κ2) is 6.56. The second-order valence-corrected chi connectivity index (χ2v) is 5.39. The highest BCUT2D eigenvalue weighted by atomic mass is 35.5. The smallest absolute Gasteiger partial charge is 0.375 e. The van der Waals surface area contributed by atoms with Crippen LogP contribution in [0.15, 0.2) is 18.2 Å². The number of carbonyl (C=O) groups is 1. The number of piperidine rings is 1. The van der Waals surface area contributed by atoms with E-state index in [0.29, 0.717) is 5.69 Å².